The van der Waals surface area contributed by atoms with Crippen LogP contribution in [0.4, 0.5) is 23.1 Å². The van der Waals surface area contributed by atoms with Crippen molar-refractivity contribution in [2.75, 3.05) is 48.7 Å². The Morgan fingerprint density at radius 3 is 2.36 bits per heavy atom. The minimum atomic E-state index is 0.503. The van der Waals surface area contributed by atoms with Gasteiger partial charge in [0.2, 0.25) is 0 Å². The van der Waals surface area contributed by atoms with E-state index in [1.54, 1.807) is 0 Å². The van der Waals surface area contributed by atoms with Crippen molar-refractivity contribution in [2.24, 2.45) is 17.8 Å². The maximum atomic E-state index is 6.83. The molecule has 2 aliphatic heterocycles. The fourth-order valence-electron chi connectivity index (χ4n) is 5.99. The third kappa shape index (κ3) is 4.16. The molecule has 3 aliphatic carbocycles. The number of anilines is 4. The highest BCUT2D eigenvalue weighted by Crippen LogP contribution is 2.48. The minimum Gasteiger partial charge on any atom is -0.395 e. The zero-order valence-electron chi connectivity index (χ0n) is 19.4. The van der Waals surface area contributed by atoms with Gasteiger partial charge >= 0.3 is 0 Å². The molecule has 3 N–H and O–H groups in total. The number of rotatable bonds is 7. The molecule has 2 unspecified atom stereocenters. The summed E-state index contributed by atoms with van der Waals surface area (Å²) >= 11 is 0. The number of nitrogens with zero attached hydrogens (tertiary/aromatic N) is 5. The number of nitrogens with one attached hydrogen (secondary N) is 1. The van der Waals surface area contributed by atoms with Crippen LogP contribution in [0.1, 0.15) is 68.0 Å². The lowest BCUT2D eigenvalue weighted by Crippen LogP contribution is -2.34. The molecule has 3 saturated carbocycles. The molecule has 0 spiro atoms. The van der Waals surface area contributed by atoms with Crippen molar-refractivity contribution in [3.05, 3.63) is 29.7 Å². The summed E-state index contributed by atoms with van der Waals surface area (Å²) < 4.78 is 0. The van der Waals surface area contributed by atoms with E-state index in [-0.39, 0.29) is 0 Å². The Balaban J connectivity index is 1.14. The van der Waals surface area contributed by atoms with Gasteiger partial charge in [-0.05, 0) is 93.3 Å². The number of piperidine rings is 2. The van der Waals surface area contributed by atoms with Gasteiger partial charge in [-0.15, -0.1) is 0 Å². The Hall–Kier alpha value is -2.41. The first-order valence-corrected chi connectivity index (χ1v) is 13.1. The molecule has 0 aromatic carbocycles. The summed E-state index contributed by atoms with van der Waals surface area (Å²) in [6, 6.07) is 2.19. The fourth-order valence-corrected chi connectivity index (χ4v) is 5.99. The zero-order valence-corrected chi connectivity index (χ0v) is 19.4. The van der Waals surface area contributed by atoms with Gasteiger partial charge in [-0.25, -0.2) is 9.97 Å². The first kappa shape index (κ1) is 20.0. The second-order valence-corrected chi connectivity index (χ2v) is 11.2. The maximum Gasteiger partial charge on any atom is 0.154 e. The quantitative estimate of drug-likeness (QED) is 0.663. The summed E-state index contributed by atoms with van der Waals surface area (Å²) in [7, 11) is 0. The van der Waals surface area contributed by atoms with Crippen LogP contribution in [0.2, 0.25) is 0 Å². The molecule has 7 nitrogen and oxygen atoms in total. The molecule has 2 aromatic heterocycles. The molecule has 4 heterocycles. The van der Waals surface area contributed by atoms with Crippen LogP contribution in [0, 0.1) is 17.8 Å². The number of hydrogen-bond acceptors (Lipinski definition) is 7. The Kier molecular flexibility index (Phi) is 4.74. The molecule has 2 saturated heterocycles. The van der Waals surface area contributed by atoms with Crippen LogP contribution in [-0.2, 0) is 0 Å². The molecule has 7 heteroatoms. The Labute approximate surface area is 196 Å². The lowest BCUT2D eigenvalue weighted by molar-refractivity contribution is 0.205. The highest BCUT2D eigenvalue weighted by Gasteiger charge is 2.46. The van der Waals surface area contributed by atoms with E-state index in [0.29, 0.717) is 11.8 Å². The Morgan fingerprint density at radius 2 is 1.70 bits per heavy atom. The van der Waals surface area contributed by atoms with Gasteiger partial charge in [0, 0.05) is 25.6 Å². The third-order valence-corrected chi connectivity index (χ3v) is 8.51. The topological polar surface area (TPSA) is 83.2 Å². The van der Waals surface area contributed by atoms with Gasteiger partial charge in [0.15, 0.2) is 5.82 Å². The Morgan fingerprint density at radius 1 is 0.909 bits per heavy atom. The van der Waals surface area contributed by atoms with E-state index in [9.17, 15) is 0 Å². The van der Waals surface area contributed by atoms with Crippen LogP contribution < -0.4 is 16.0 Å². The highest BCUT2D eigenvalue weighted by molar-refractivity contribution is 5.73. The van der Waals surface area contributed by atoms with Crippen LogP contribution in [0.25, 0.3) is 0 Å². The van der Waals surface area contributed by atoms with E-state index in [2.05, 4.69) is 31.2 Å². The number of nitrogens with two attached hydrogens (primary N) is 1. The van der Waals surface area contributed by atoms with Crippen molar-refractivity contribution in [3.63, 3.8) is 0 Å². The average Bonchev–Trinajstić information content (AvgIpc) is 3.73. The molecule has 0 bridgehead atoms. The average molecular weight is 446 g/mol. The van der Waals surface area contributed by atoms with Crippen molar-refractivity contribution in [1.82, 2.24) is 19.9 Å². The van der Waals surface area contributed by atoms with E-state index in [4.69, 9.17) is 10.7 Å². The van der Waals surface area contributed by atoms with Crippen molar-refractivity contribution in [2.45, 2.75) is 56.8 Å². The summed E-state index contributed by atoms with van der Waals surface area (Å²) in [5.41, 5.74) is 10.1. The molecule has 5 fully saturated rings. The molecule has 7 rings (SSSR count). The second-order valence-electron chi connectivity index (χ2n) is 11.2. The summed E-state index contributed by atoms with van der Waals surface area (Å²) in [5, 5.41) is 3.45. The summed E-state index contributed by atoms with van der Waals surface area (Å²) in [6.45, 7) is 5.86. The number of nitrogen functional groups attached to an aromatic ring is 1. The number of pyridine rings is 1. The van der Waals surface area contributed by atoms with Gasteiger partial charge in [0.05, 0.1) is 23.8 Å². The SMILES string of the molecule is Nc1c(C2CCN(CC3CC3)CC2)cc(Nc2cnc(C3CC3)cn2)nc1N1CC2CC2C1. The van der Waals surface area contributed by atoms with Crippen molar-refractivity contribution < 1.29 is 0 Å². The monoisotopic (exact) mass is 445 g/mol. The first-order chi connectivity index (χ1) is 16.2. The van der Waals surface area contributed by atoms with Crippen molar-refractivity contribution in [1.29, 1.82) is 0 Å². The van der Waals surface area contributed by atoms with Crippen LogP contribution in [0.3, 0.4) is 0 Å². The standard InChI is InChI=1S/C26H35N7/c27-25-21(17-5-7-32(8-6-17)13-16-1-2-16)10-23(31-26(25)33-14-19-9-20(19)15-33)30-24-12-28-22(11-29-24)18-3-4-18/h10-12,16-20H,1-9,13-15,27H2,(H,29,30,31). The normalized spacial score (nSPS) is 27.6. The van der Waals surface area contributed by atoms with Gasteiger partial charge < -0.3 is 20.9 Å². The van der Waals surface area contributed by atoms with Gasteiger partial charge in [-0.3, -0.25) is 4.98 Å². The van der Waals surface area contributed by atoms with E-state index < -0.39 is 0 Å². The van der Waals surface area contributed by atoms with Crippen molar-refractivity contribution in [3.8, 4) is 0 Å². The van der Waals surface area contributed by atoms with Gasteiger partial charge in [0.25, 0.3) is 0 Å². The molecule has 2 atom stereocenters. The molecular formula is C26H35N7. The maximum absolute atomic E-state index is 6.83. The van der Waals surface area contributed by atoms with E-state index in [0.717, 1.165) is 59.7 Å². The lowest BCUT2D eigenvalue weighted by Gasteiger charge is -2.33. The number of aromatic nitrogens is 3. The van der Waals surface area contributed by atoms with Gasteiger partial charge in [0.1, 0.15) is 11.6 Å². The van der Waals surface area contributed by atoms with E-state index >= 15 is 0 Å². The number of fused-ring (bicyclic) bond motifs is 1. The molecule has 174 valence electrons. The second kappa shape index (κ2) is 7.83. The minimum absolute atomic E-state index is 0.503. The summed E-state index contributed by atoms with van der Waals surface area (Å²) in [4.78, 5) is 19.3. The van der Waals surface area contributed by atoms with Crippen LogP contribution in [0.15, 0.2) is 18.5 Å². The van der Waals surface area contributed by atoms with Gasteiger partial charge in [-0.2, -0.15) is 0 Å². The van der Waals surface area contributed by atoms with E-state index in [1.807, 2.05) is 12.4 Å². The zero-order chi connectivity index (χ0) is 21.9. The first-order valence-electron chi connectivity index (χ1n) is 13.1. The predicted molar refractivity (Wildman–Crippen MR) is 131 cm³/mol. The van der Waals surface area contributed by atoms with Gasteiger partial charge in [-0.1, -0.05) is 0 Å². The fraction of sp³-hybridized carbons (Fsp3) is 0.654. The number of hydrogen-bond donors (Lipinski definition) is 2. The third-order valence-electron chi connectivity index (χ3n) is 8.51. The highest BCUT2D eigenvalue weighted by atomic mass is 15.3. The molecule has 0 amide bonds. The molecular weight excluding hydrogens is 410 g/mol. The lowest BCUT2D eigenvalue weighted by atomic mass is 9.88. The molecule has 0 radical (unpaired) electrons. The summed E-state index contributed by atoms with van der Waals surface area (Å²) in [6.07, 6.45) is 12.9. The molecule has 5 aliphatic rings. The van der Waals surface area contributed by atoms with Crippen LogP contribution >= 0.6 is 0 Å². The Bertz CT molecular complexity index is 1010. The van der Waals surface area contributed by atoms with Crippen LogP contribution in [-0.4, -0.2) is 52.6 Å². The molecule has 33 heavy (non-hydrogen) atoms. The van der Waals surface area contributed by atoms with E-state index in [1.165, 1.54) is 70.1 Å². The van der Waals surface area contributed by atoms with Crippen molar-refractivity contribution >= 4 is 23.1 Å². The largest absolute Gasteiger partial charge is 0.395 e. The smallest absolute Gasteiger partial charge is 0.154 e. The van der Waals surface area contributed by atoms with Crippen LogP contribution in [0.5, 0.6) is 0 Å². The summed E-state index contributed by atoms with van der Waals surface area (Å²) in [5.74, 6) is 6.36. The molecule has 2 aromatic rings. The predicted octanol–water partition coefficient (Wildman–Crippen LogP) is 4.12. The number of likely N-dealkylation sites (tertiary alicyclic amines) is 1.